The number of hydrogen-bond acceptors (Lipinski definition) is 5. The zero-order chi connectivity index (χ0) is 14.3. The summed E-state index contributed by atoms with van der Waals surface area (Å²) in [4.78, 5) is 35.0. The van der Waals surface area contributed by atoms with Gasteiger partial charge >= 0.3 is 18.0 Å². The summed E-state index contributed by atoms with van der Waals surface area (Å²) in [5, 5.41) is 11.5. The van der Waals surface area contributed by atoms with Crippen molar-refractivity contribution in [2.24, 2.45) is 0 Å². The highest BCUT2D eigenvalue weighted by molar-refractivity contribution is 7.99. The topological polar surface area (TPSA) is 95.9 Å². The van der Waals surface area contributed by atoms with Gasteiger partial charge in [-0.05, 0) is 13.3 Å². The Labute approximate surface area is 115 Å². The minimum atomic E-state index is -0.994. The molecular weight excluding hydrogens is 272 g/mol. The minimum absolute atomic E-state index is 0.241. The van der Waals surface area contributed by atoms with Crippen LogP contribution in [0, 0.1) is 0 Å². The number of urea groups is 1. The summed E-state index contributed by atoms with van der Waals surface area (Å²) in [6, 6.07) is -1.17. The molecule has 1 rings (SSSR count). The molecule has 0 aromatic heterocycles. The summed E-state index contributed by atoms with van der Waals surface area (Å²) in [5.74, 6) is -0.504. The Balaban J connectivity index is 2.24. The van der Waals surface area contributed by atoms with Crippen LogP contribution in [0.1, 0.15) is 19.8 Å². The van der Waals surface area contributed by atoms with Gasteiger partial charge in [0, 0.05) is 18.7 Å². The molecule has 19 heavy (non-hydrogen) atoms. The molecule has 108 valence electrons. The Hall–Kier alpha value is -1.44. The predicted molar refractivity (Wildman–Crippen MR) is 69.9 cm³/mol. The highest BCUT2D eigenvalue weighted by Gasteiger charge is 2.34. The lowest BCUT2D eigenvalue weighted by atomic mass is 10.3. The fraction of sp³-hybridized carbons (Fsp3) is 0.727. The van der Waals surface area contributed by atoms with Crippen LogP contribution in [0.5, 0.6) is 0 Å². The van der Waals surface area contributed by atoms with Gasteiger partial charge in [0.15, 0.2) is 0 Å². The molecule has 0 aromatic rings. The van der Waals surface area contributed by atoms with E-state index in [1.54, 1.807) is 6.92 Å². The highest BCUT2D eigenvalue weighted by atomic mass is 32.2. The van der Waals surface area contributed by atoms with E-state index in [4.69, 9.17) is 9.84 Å². The van der Waals surface area contributed by atoms with Gasteiger partial charge in [0.2, 0.25) is 0 Å². The van der Waals surface area contributed by atoms with Gasteiger partial charge in [0.25, 0.3) is 0 Å². The highest BCUT2D eigenvalue weighted by Crippen LogP contribution is 2.20. The van der Waals surface area contributed by atoms with Crippen LogP contribution in [-0.4, -0.2) is 58.8 Å². The number of carboxylic acids is 1. The van der Waals surface area contributed by atoms with Gasteiger partial charge in [-0.2, -0.15) is 0 Å². The smallest absolute Gasteiger partial charge is 0.327 e. The largest absolute Gasteiger partial charge is 0.480 e. The van der Waals surface area contributed by atoms with Gasteiger partial charge in [-0.3, -0.25) is 4.79 Å². The Morgan fingerprint density at radius 2 is 2.21 bits per heavy atom. The first-order valence-corrected chi connectivity index (χ1v) is 7.22. The van der Waals surface area contributed by atoms with E-state index in [0.717, 1.165) is 0 Å². The van der Waals surface area contributed by atoms with Crippen molar-refractivity contribution in [3.8, 4) is 0 Å². The van der Waals surface area contributed by atoms with Crippen LogP contribution in [0.15, 0.2) is 0 Å². The number of aliphatic carboxylic acids is 1. The molecule has 2 N–H and O–H groups in total. The van der Waals surface area contributed by atoms with Gasteiger partial charge in [-0.25, -0.2) is 9.59 Å². The van der Waals surface area contributed by atoms with Crippen molar-refractivity contribution in [3.05, 3.63) is 0 Å². The summed E-state index contributed by atoms with van der Waals surface area (Å²) in [6.45, 7) is 2.40. The lowest BCUT2D eigenvalue weighted by Crippen LogP contribution is -2.47. The molecule has 1 aliphatic rings. The third-order valence-electron chi connectivity index (χ3n) is 2.57. The van der Waals surface area contributed by atoms with E-state index in [1.807, 2.05) is 0 Å². The van der Waals surface area contributed by atoms with Gasteiger partial charge in [-0.15, -0.1) is 11.8 Å². The molecule has 0 bridgehead atoms. The van der Waals surface area contributed by atoms with Crippen molar-refractivity contribution in [2.75, 3.05) is 24.8 Å². The van der Waals surface area contributed by atoms with Crippen LogP contribution in [-0.2, 0) is 14.3 Å². The first-order chi connectivity index (χ1) is 9.06. The van der Waals surface area contributed by atoms with Crippen LogP contribution >= 0.6 is 11.8 Å². The molecule has 0 saturated carbocycles. The molecule has 8 heteroatoms. The lowest BCUT2D eigenvalue weighted by Gasteiger charge is -2.20. The number of hydrogen-bond donors (Lipinski definition) is 2. The van der Waals surface area contributed by atoms with E-state index in [2.05, 4.69) is 5.32 Å². The van der Waals surface area contributed by atoms with Crippen molar-refractivity contribution < 1.29 is 24.2 Å². The fourth-order valence-corrected chi connectivity index (χ4v) is 2.76. The zero-order valence-electron chi connectivity index (χ0n) is 10.8. The van der Waals surface area contributed by atoms with Crippen molar-refractivity contribution in [2.45, 2.75) is 25.8 Å². The standard InChI is InChI=1S/C11H18N2O5S/c1-2-18-9(14)4-3-5-12-11(17)13-7-19-6-8(13)10(15)16/h8H,2-7H2,1H3,(H,12,17)(H,15,16). The molecule has 1 atom stereocenters. The second kappa shape index (κ2) is 7.88. The summed E-state index contributed by atoms with van der Waals surface area (Å²) in [6.07, 6.45) is 0.717. The Morgan fingerprint density at radius 3 is 2.84 bits per heavy atom. The van der Waals surface area contributed by atoms with Crippen LogP contribution in [0.3, 0.4) is 0 Å². The van der Waals surface area contributed by atoms with Gasteiger partial charge < -0.3 is 20.1 Å². The number of esters is 1. The van der Waals surface area contributed by atoms with Gasteiger partial charge in [-0.1, -0.05) is 0 Å². The monoisotopic (exact) mass is 290 g/mol. The molecule has 7 nitrogen and oxygen atoms in total. The zero-order valence-corrected chi connectivity index (χ0v) is 11.6. The molecule has 0 radical (unpaired) electrons. The summed E-state index contributed by atoms with van der Waals surface area (Å²) in [5.41, 5.74) is 0. The number of nitrogens with zero attached hydrogens (tertiary/aromatic N) is 1. The second-order valence-corrected chi connectivity index (χ2v) is 4.96. The van der Waals surface area contributed by atoms with Crippen LogP contribution in [0.25, 0.3) is 0 Å². The molecule has 2 amide bonds. The van der Waals surface area contributed by atoms with Crippen LogP contribution in [0.2, 0.25) is 0 Å². The minimum Gasteiger partial charge on any atom is -0.480 e. The van der Waals surface area contributed by atoms with E-state index < -0.39 is 18.0 Å². The Morgan fingerprint density at radius 1 is 1.47 bits per heavy atom. The third kappa shape index (κ3) is 4.98. The Kier molecular flexibility index (Phi) is 6.48. The summed E-state index contributed by atoms with van der Waals surface area (Å²) in [7, 11) is 0. The SMILES string of the molecule is CCOC(=O)CCCNC(=O)N1CSCC1C(=O)O. The van der Waals surface area contributed by atoms with E-state index in [1.165, 1.54) is 16.7 Å². The molecule has 1 aliphatic heterocycles. The van der Waals surface area contributed by atoms with E-state index in [9.17, 15) is 14.4 Å². The molecular formula is C11H18N2O5S. The van der Waals surface area contributed by atoms with E-state index in [0.29, 0.717) is 31.2 Å². The van der Waals surface area contributed by atoms with E-state index >= 15 is 0 Å². The maximum atomic E-state index is 11.8. The van der Waals surface area contributed by atoms with Crippen molar-refractivity contribution >= 4 is 29.7 Å². The number of carbonyl (C=O) groups excluding carboxylic acids is 2. The quantitative estimate of drug-likeness (QED) is 0.546. The molecule has 1 saturated heterocycles. The maximum absolute atomic E-state index is 11.8. The third-order valence-corrected chi connectivity index (χ3v) is 3.58. The average molecular weight is 290 g/mol. The van der Waals surface area contributed by atoms with Gasteiger partial charge in [0.05, 0.1) is 12.5 Å². The number of ether oxygens (including phenoxy) is 1. The first-order valence-electron chi connectivity index (χ1n) is 6.07. The van der Waals surface area contributed by atoms with Crippen LogP contribution in [0.4, 0.5) is 4.79 Å². The predicted octanol–water partition coefficient (Wildman–Crippen LogP) is 0.499. The summed E-state index contributed by atoms with van der Waals surface area (Å²) < 4.78 is 4.75. The number of amides is 2. The average Bonchev–Trinajstić information content (AvgIpc) is 2.84. The number of carboxylic acid groups (broad SMARTS) is 1. The number of carbonyl (C=O) groups is 3. The van der Waals surface area contributed by atoms with Crippen molar-refractivity contribution in [3.63, 3.8) is 0 Å². The number of nitrogens with one attached hydrogen (secondary N) is 1. The Bertz CT molecular complexity index is 350. The molecule has 0 aliphatic carbocycles. The number of thioether (sulfide) groups is 1. The summed E-state index contributed by atoms with van der Waals surface area (Å²) >= 11 is 1.41. The first kappa shape index (κ1) is 15.6. The van der Waals surface area contributed by atoms with Gasteiger partial charge in [0.1, 0.15) is 6.04 Å². The molecule has 1 fully saturated rings. The molecule has 1 heterocycles. The van der Waals surface area contributed by atoms with E-state index in [-0.39, 0.29) is 12.4 Å². The molecule has 0 spiro atoms. The van der Waals surface area contributed by atoms with Crippen molar-refractivity contribution in [1.82, 2.24) is 10.2 Å². The lowest BCUT2D eigenvalue weighted by molar-refractivity contribution is -0.143. The molecule has 0 aromatic carbocycles. The molecule has 1 unspecified atom stereocenters. The fourth-order valence-electron chi connectivity index (χ4n) is 1.61. The number of rotatable bonds is 6. The van der Waals surface area contributed by atoms with Crippen molar-refractivity contribution in [1.29, 1.82) is 0 Å². The maximum Gasteiger partial charge on any atom is 0.327 e. The second-order valence-electron chi connectivity index (χ2n) is 3.96. The van der Waals surface area contributed by atoms with Crippen LogP contribution < -0.4 is 5.32 Å². The normalized spacial score (nSPS) is 18.2.